The maximum Gasteiger partial charge on any atom is 0.240 e. The first-order valence-electron chi connectivity index (χ1n) is 8.81. The SMILES string of the molecule is CCCc1n[nH]c(=S)n1CC(=O)NC1CC(C)(C)Cc2oc(C)cc21. The molecule has 1 unspecified atom stereocenters. The minimum Gasteiger partial charge on any atom is -0.466 e. The van der Waals surface area contributed by atoms with E-state index in [9.17, 15) is 4.79 Å². The predicted octanol–water partition coefficient (Wildman–Crippen LogP) is 3.62. The van der Waals surface area contributed by atoms with E-state index in [0.29, 0.717) is 4.77 Å². The Balaban J connectivity index is 1.77. The number of hydrogen-bond acceptors (Lipinski definition) is 4. The van der Waals surface area contributed by atoms with Crippen molar-refractivity contribution >= 4 is 18.1 Å². The molecular formula is C18H26N4O2S. The maximum absolute atomic E-state index is 12.7. The van der Waals surface area contributed by atoms with Crippen LogP contribution in [-0.4, -0.2) is 20.7 Å². The van der Waals surface area contributed by atoms with Crippen LogP contribution in [0.2, 0.25) is 0 Å². The highest BCUT2D eigenvalue weighted by molar-refractivity contribution is 7.71. The highest BCUT2D eigenvalue weighted by Crippen LogP contribution is 2.41. The van der Waals surface area contributed by atoms with Crippen LogP contribution in [0.3, 0.4) is 0 Å². The summed E-state index contributed by atoms with van der Waals surface area (Å²) in [4.78, 5) is 12.7. The standard InChI is InChI=1S/C18H26N4O2S/c1-5-6-15-20-21-17(25)22(15)10-16(23)19-13-8-18(3,4)9-14-12(13)7-11(2)24-14/h7,13H,5-6,8-10H2,1-4H3,(H,19,23)(H,21,25). The molecule has 0 spiro atoms. The van der Waals surface area contributed by atoms with Crippen molar-refractivity contribution in [3.8, 4) is 0 Å². The smallest absolute Gasteiger partial charge is 0.240 e. The Morgan fingerprint density at radius 1 is 1.56 bits per heavy atom. The summed E-state index contributed by atoms with van der Waals surface area (Å²) < 4.78 is 8.11. The lowest BCUT2D eigenvalue weighted by atomic mass is 9.74. The normalized spacial score (nSPS) is 18.8. The summed E-state index contributed by atoms with van der Waals surface area (Å²) in [5, 5.41) is 10.2. The molecule has 136 valence electrons. The molecule has 25 heavy (non-hydrogen) atoms. The van der Waals surface area contributed by atoms with Crippen LogP contribution in [0, 0.1) is 17.1 Å². The van der Waals surface area contributed by atoms with Crippen LogP contribution >= 0.6 is 12.2 Å². The summed E-state index contributed by atoms with van der Waals surface area (Å²) in [5.74, 6) is 2.66. The molecule has 3 rings (SSSR count). The molecule has 0 saturated carbocycles. The average molecular weight is 362 g/mol. The summed E-state index contributed by atoms with van der Waals surface area (Å²) in [6.45, 7) is 8.63. The van der Waals surface area contributed by atoms with E-state index in [1.807, 2.05) is 13.0 Å². The van der Waals surface area contributed by atoms with Gasteiger partial charge in [0.1, 0.15) is 23.9 Å². The zero-order valence-corrected chi connectivity index (χ0v) is 16.1. The molecule has 0 aliphatic heterocycles. The average Bonchev–Trinajstić information content (AvgIpc) is 3.03. The van der Waals surface area contributed by atoms with Gasteiger partial charge >= 0.3 is 0 Å². The van der Waals surface area contributed by atoms with Gasteiger partial charge in [-0.2, -0.15) is 5.10 Å². The molecule has 2 heterocycles. The molecule has 2 aromatic heterocycles. The first-order valence-corrected chi connectivity index (χ1v) is 9.22. The van der Waals surface area contributed by atoms with Crippen molar-refractivity contribution in [2.24, 2.45) is 5.41 Å². The van der Waals surface area contributed by atoms with Crippen LogP contribution in [0.25, 0.3) is 0 Å². The van der Waals surface area contributed by atoms with Gasteiger partial charge in [0.2, 0.25) is 5.91 Å². The monoisotopic (exact) mass is 362 g/mol. The highest BCUT2D eigenvalue weighted by atomic mass is 32.1. The Morgan fingerprint density at radius 3 is 3.04 bits per heavy atom. The lowest BCUT2D eigenvalue weighted by molar-refractivity contribution is -0.122. The molecule has 0 aromatic carbocycles. The third-order valence-corrected chi connectivity index (χ3v) is 5.00. The van der Waals surface area contributed by atoms with E-state index in [1.165, 1.54) is 0 Å². The maximum atomic E-state index is 12.7. The molecule has 1 aliphatic carbocycles. The van der Waals surface area contributed by atoms with Gasteiger partial charge in [-0.25, -0.2) is 0 Å². The van der Waals surface area contributed by atoms with E-state index < -0.39 is 0 Å². The van der Waals surface area contributed by atoms with Crippen molar-refractivity contribution < 1.29 is 9.21 Å². The third-order valence-electron chi connectivity index (χ3n) is 4.68. The predicted molar refractivity (Wildman–Crippen MR) is 97.8 cm³/mol. The fourth-order valence-corrected chi connectivity index (χ4v) is 3.84. The van der Waals surface area contributed by atoms with E-state index in [4.69, 9.17) is 16.6 Å². The third kappa shape index (κ3) is 3.86. The van der Waals surface area contributed by atoms with Crippen LogP contribution in [0.15, 0.2) is 10.5 Å². The van der Waals surface area contributed by atoms with Gasteiger partial charge in [0, 0.05) is 18.4 Å². The van der Waals surface area contributed by atoms with Gasteiger partial charge in [0.25, 0.3) is 0 Å². The number of hydrogen-bond donors (Lipinski definition) is 2. The molecule has 1 amide bonds. The Labute approximate surface area is 153 Å². The van der Waals surface area contributed by atoms with Gasteiger partial charge in [-0.1, -0.05) is 20.8 Å². The van der Waals surface area contributed by atoms with Crippen molar-refractivity contribution in [3.05, 3.63) is 33.7 Å². The van der Waals surface area contributed by atoms with Gasteiger partial charge in [-0.05, 0) is 43.5 Å². The quantitative estimate of drug-likeness (QED) is 0.797. The summed E-state index contributed by atoms with van der Waals surface area (Å²) in [5.41, 5.74) is 1.20. The number of nitrogens with zero attached hydrogens (tertiary/aromatic N) is 2. The lowest BCUT2D eigenvalue weighted by Gasteiger charge is -2.34. The highest BCUT2D eigenvalue weighted by Gasteiger charge is 2.35. The number of aromatic amines is 1. The fourth-order valence-electron chi connectivity index (χ4n) is 3.62. The minimum absolute atomic E-state index is 0.0283. The number of amides is 1. The van der Waals surface area contributed by atoms with Crippen molar-refractivity contribution in [2.75, 3.05) is 0 Å². The van der Waals surface area contributed by atoms with Crippen LogP contribution in [0.1, 0.15) is 62.6 Å². The summed E-state index contributed by atoms with van der Waals surface area (Å²) >= 11 is 5.26. The van der Waals surface area contributed by atoms with Gasteiger partial charge in [0.15, 0.2) is 4.77 Å². The molecule has 2 aromatic rings. The van der Waals surface area contributed by atoms with Crippen molar-refractivity contribution in [2.45, 2.75) is 66.0 Å². The molecule has 7 heteroatoms. The Bertz CT molecular complexity index is 830. The van der Waals surface area contributed by atoms with Crippen molar-refractivity contribution in [3.63, 3.8) is 0 Å². The van der Waals surface area contributed by atoms with Crippen LogP contribution in [0.5, 0.6) is 0 Å². The number of fused-ring (bicyclic) bond motifs is 1. The van der Waals surface area contributed by atoms with Crippen LogP contribution in [-0.2, 0) is 24.2 Å². The molecule has 2 N–H and O–H groups in total. The van der Waals surface area contributed by atoms with E-state index >= 15 is 0 Å². The minimum atomic E-state index is -0.0534. The number of nitrogens with one attached hydrogen (secondary N) is 2. The Hall–Kier alpha value is -1.89. The van der Waals surface area contributed by atoms with Gasteiger partial charge in [0.05, 0.1) is 6.04 Å². The van der Waals surface area contributed by atoms with Crippen molar-refractivity contribution in [1.29, 1.82) is 0 Å². The Kier molecular flexibility index (Phi) is 4.86. The van der Waals surface area contributed by atoms with Gasteiger partial charge < -0.3 is 9.73 Å². The molecule has 6 nitrogen and oxygen atoms in total. The molecule has 1 aliphatic rings. The summed E-state index contributed by atoms with van der Waals surface area (Å²) in [6.07, 6.45) is 3.54. The fraction of sp³-hybridized carbons (Fsp3) is 0.611. The number of carbonyl (C=O) groups is 1. The summed E-state index contributed by atoms with van der Waals surface area (Å²) in [7, 11) is 0. The second kappa shape index (κ2) is 6.78. The molecule has 0 radical (unpaired) electrons. The largest absolute Gasteiger partial charge is 0.466 e. The number of aromatic nitrogens is 3. The second-order valence-electron chi connectivity index (χ2n) is 7.68. The van der Waals surface area contributed by atoms with Crippen LogP contribution in [0.4, 0.5) is 0 Å². The van der Waals surface area contributed by atoms with E-state index in [0.717, 1.165) is 48.6 Å². The zero-order valence-electron chi connectivity index (χ0n) is 15.3. The molecule has 1 atom stereocenters. The molecular weight excluding hydrogens is 336 g/mol. The number of furan rings is 1. The number of H-pyrrole nitrogens is 1. The van der Waals surface area contributed by atoms with Crippen molar-refractivity contribution in [1.82, 2.24) is 20.1 Å². The van der Waals surface area contributed by atoms with E-state index in [-0.39, 0.29) is 23.9 Å². The molecule has 0 fully saturated rings. The van der Waals surface area contributed by atoms with Gasteiger partial charge in [-0.3, -0.25) is 14.5 Å². The van der Waals surface area contributed by atoms with Gasteiger partial charge in [-0.15, -0.1) is 0 Å². The number of carbonyl (C=O) groups excluding carboxylic acids is 1. The zero-order chi connectivity index (χ0) is 18.2. The topological polar surface area (TPSA) is 75.8 Å². The summed E-state index contributed by atoms with van der Waals surface area (Å²) in [6, 6.07) is 2.01. The Morgan fingerprint density at radius 2 is 2.32 bits per heavy atom. The number of aryl methyl sites for hydroxylation is 2. The van der Waals surface area contributed by atoms with E-state index in [1.54, 1.807) is 4.57 Å². The molecule has 0 bridgehead atoms. The van der Waals surface area contributed by atoms with E-state index in [2.05, 4.69) is 36.3 Å². The number of rotatable bonds is 5. The molecule has 0 saturated heterocycles. The van der Waals surface area contributed by atoms with Crippen LogP contribution < -0.4 is 5.32 Å². The first kappa shape index (κ1) is 17.9. The lowest BCUT2D eigenvalue weighted by Crippen LogP contribution is -2.37. The first-order chi connectivity index (χ1) is 11.8. The second-order valence-corrected chi connectivity index (χ2v) is 8.07.